The molecule has 1 aromatic heterocycles. The maximum atomic E-state index is 12.6. The zero-order valence-electron chi connectivity index (χ0n) is 10.4. The maximum Gasteiger partial charge on any atom is 0.416 e. The van der Waals surface area contributed by atoms with Gasteiger partial charge in [-0.25, -0.2) is 8.42 Å². The minimum absolute atomic E-state index is 0.162. The summed E-state index contributed by atoms with van der Waals surface area (Å²) in [4.78, 5) is 11.1. The average Bonchev–Trinajstić information content (AvgIpc) is 2.91. The lowest BCUT2D eigenvalue weighted by Gasteiger charge is -2.08. The predicted octanol–water partition coefficient (Wildman–Crippen LogP) is 2.96. The van der Waals surface area contributed by atoms with E-state index in [9.17, 15) is 26.4 Å². The minimum atomic E-state index is -4.66. The van der Waals surface area contributed by atoms with Gasteiger partial charge in [0.25, 0.3) is 0 Å². The van der Waals surface area contributed by atoms with Crippen LogP contribution in [0.2, 0.25) is 0 Å². The van der Waals surface area contributed by atoms with Gasteiger partial charge in [-0.2, -0.15) is 13.2 Å². The molecule has 0 unspecified atom stereocenters. The normalized spacial score (nSPS) is 12.3. The second-order valence-corrected chi connectivity index (χ2v) is 6.17. The average molecular weight is 318 g/mol. The number of sulfone groups is 1. The van der Waals surface area contributed by atoms with Crippen LogP contribution in [0.4, 0.5) is 13.2 Å². The van der Waals surface area contributed by atoms with Crippen molar-refractivity contribution in [2.75, 3.05) is 5.75 Å². The molecule has 0 amide bonds. The molecule has 2 rings (SSSR count). The highest BCUT2D eigenvalue weighted by Gasteiger charge is 2.32. The number of hydrogen-bond donors (Lipinski definition) is 0. The van der Waals surface area contributed by atoms with Crippen LogP contribution in [0.3, 0.4) is 0 Å². The standard InChI is InChI=1S/C13H9F3O4S/c14-13(15,16)9-3-1-4-10(7-9)21(18,19)8-11(17)12-5-2-6-20-12/h1-7H,8H2. The van der Waals surface area contributed by atoms with Crippen molar-refractivity contribution in [3.63, 3.8) is 0 Å². The van der Waals surface area contributed by atoms with E-state index in [-0.39, 0.29) is 5.76 Å². The first-order chi connectivity index (χ1) is 9.70. The highest BCUT2D eigenvalue weighted by Crippen LogP contribution is 2.30. The minimum Gasteiger partial charge on any atom is -0.461 e. The molecule has 0 saturated heterocycles. The highest BCUT2D eigenvalue weighted by molar-refractivity contribution is 7.92. The first-order valence-corrected chi connectivity index (χ1v) is 7.32. The van der Waals surface area contributed by atoms with Crippen molar-refractivity contribution in [1.29, 1.82) is 0 Å². The molecule has 0 atom stereocenters. The van der Waals surface area contributed by atoms with Crippen molar-refractivity contribution in [1.82, 2.24) is 0 Å². The Morgan fingerprint density at radius 2 is 1.86 bits per heavy atom. The molecular formula is C13H9F3O4S. The Bertz CT molecular complexity index is 746. The number of alkyl halides is 3. The number of benzene rings is 1. The van der Waals surface area contributed by atoms with Gasteiger partial charge in [-0.1, -0.05) is 6.07 Å². The van der Waals surface area contributed by atoms with Crippen LogP contribution in [0, 0.1) is 0 Å². The van der Waals surface area contributed by atoms with Crippen LogP contribution in [0.15, 0.2) is 52.0 Å². The van der Waals surface area contributed by atoms with Gasteiger partial charge < -0.3 is 4.42 Å². The van der Waals surface area contributed by atoms with Gasteiger partial charge in [0.1, 0.15) is 5.75 Å². The van der Waals surface area contributed by atoms with Crippen molar-refractivity contribution < 1.29 is 30.8 Å². The van der Waals surface area contributed by atoms with E-state index in [0.29, 0.717) is 6.07 Å². The van der Waals surface area contributed by atoms with Crippen molar-refractivity contribution in [3.05, 3.63) is 54.0 Å². The third kappa shape index (κ3) is 3.52. The van der Waals surface area contributed by atoms with Crippen LogP contribution in [-0.4, -0.2) is 20.0 Å². The summed E-state index contributed by atoms with van der Waals surface area (Å²) in [7, 11) is -4.18. The summed E-state index contributed by atoms with van der Waals surface area (Å²) in [5.41, 5.74) is -1.09. The number of furan rings is 1. The van der Waals surface area contributed by atoms with Crippen LogP contribution < -0.4 is 0 Å². The molecule has 0 spiro atoms. The number of carbonyl (C=O) groups excluding carboxylic acids is 1. The third-order valence-electron chi connectivity index (χ3n) is 2.64. The Morgan fingerprint density at radius 1 is 1.14 bits per heavy atom. The van der Waals surface area contributed by atoms with Crippen LogP contribution in [0.1, 0.15) is 16.1 Å². The van der Waals surface area contributed by atoms with Crippen molar-refractivity contribution >= 4 is 15.6 Å². The molecule has 0 aliphatic rings. The maximum absolute atomic E-state index is 12.6. The van der Waals surface area contributed by atoms with Crippen LogP contribution in [0.25, 0.3) is 0 Å². The molecule has 4 nitrogen and oxygen atoms in total. The second-order valence-electron chi connectivity index (χ2n) is 4.19. The van der Waals surface area contributed by atoms with Gasteiger partial charge in [0.2, 0.25) is 5.78 Å². The molecule has 0 saturated carbocycles. The fourth-order valence-electron chi connectivity index (χ4n) is 1.63. The molecule has 1 heterocycles. The quantitative estimate of drug-likeness (QED) is 0.813. The summed E-state index contributed by atoms with van der Waals surface area (Å²) in [5, 5.41) is 0. The zero-order valence-corrected chi connectivity index (χ0v) is 11.2. The summed E-state index contributed by atoms with van der Waals surface area (Å²) in [5.74, 6) is -1.94. The number of carbonyl (C=O) groups is 1. The van der Waals surface area contributed by atoms with E-state index in [1.54, 1.807) is 0 Å². The Labute approximate surface area is 118 Å². The molecule has 2 aromatic rings. The Hall–Kier alpha value is -2.09. The zero-order chi connectivity index (χ0) is 15.7. The van der Waals surface area contributed by atoms with E-state index < -0.39 is 38.0 Å². The Balaban J connectivity index is 2.30. The number of halogens is 3. The summed E-state index contributed by atoms with van der Waals surface area (Å²) in [6, 6.07) is 5.94. The van der Waals surface area contributed by atoms with E-state index in [0.717, 1.165) is 18.2 Å². The lowest BCUT2D eigenvalue weighted by atomic mass is 10.2. The largest absolute Gasteiger partial charge is 0.461 e. The third-order valence-corrected chi connectivity index (χ3v) is 4.25. The molecule has 0 aliphatic heterocycles. The van der Waals surface area contributed by atoms with Crippen molar-refractivity contribution in [2.45, 2.75) is 11.1 Å². The fraction of sp³-hybridized carbons (Fsp3) is 0.154. The fourth-order valence-corrected chi connectivity index (χ4v) is 2.88. The molecule has 8 heteroatoms. The van der Waals surface area contributed by atoms with Gasteiger partial charge >= 0.3 is 6.18 Å². The number of ketones is 1. The molecule has 112 valence electrons. The number of Topliss-reactive ketones (excluding diaryl/α,β-unsaturated/α-hetero) is 1. The van der Waals surface area contributed by atoms with Crippen molar-refractivity contribution in [2.24, 2.45) is 0 Å². The Morgan fingerprint density at radius 3 is 2.43 bits per heavy atom. The lowest BCUT2D eigenvalue weighted by Crippen LogP contribution is -2.17. The van der Waals surface area contributed by atoms with Gasteiger partial charge in [0.15, 0.2) is 15.6 Å². The molecular weight excluding hydrogens is 309 g/mol. The Kier molecular flexibility index (Phi) is 3.91. The molecule has 0 bridgehead atoms. The first kappa shape index (κ1) is 15.3. The summed E-state index contributed by atoms with van der Waals surface area (Å²) >= 11 is 0. The van der Waals surface area contributed by atoms with Crippen LogP contribution in [-0.2, 0) is 16.0 Å². The summed E-state index contributed by atoms with van der Waals surface area (Å²) in [6.07, 6.45) is -3.46. The van der Waals surface area contributed by atoms with E-state index in [1.807, 2.05) is 0 Å². The van der Waals surface area contributed by atoms with Gasteiger partial charge in [-0.15, -0.1) is 0 Å². The highest BCUT2D eigenvalue weighted by atomic mass is 32.2. The smallest absolute Gasteiger partial charge is 0.416 e. The molecule has 0 fully saturated rings. The van der Waals surface area contributed by atoms with E-state index in [4.69, 9.17) is 4.42 Å². The number of hydrogen-bond acceptors (Lipinski definition) is 4. The van der Waals surface area contributed by atoms with Crippen LogP contribution >= 0.6 is 0 Å². The molecule has 0 radical (unpaired) electrons. The van der Waals surface area contributed by atoms with Gasteiger partial charge in [-0.05, 0) is 30.3 Å². The van der Waals surface area contributed by atoms with Gasteiger partial charge in [0, 0.05) is 0 Å². The first-order valence-electron chi connectivity index (χ1n) is 5.67. The van der Waals surface area contributed by atoms with Crippen molar-refractivity contribution in [3.8, 4) is 0 Å². The van der Waals surface area contributed by atoms with E-state index in [1.165, 1.54) is 18.4 Å². The van der Waals surface area contributed by atoms with Gasteiger partial charge in [-0.3, -0.25) is 4.79 Å². The van der Waals surface area contributed by atoms with Gasteiger partial charge in [0.05, 0.1) is 16.7 Å². The van der Waals surface area contributed by atoms with E-state index in [2.05, 4.69) is 0 Å². The molecule has 0 aliphatic carbocycles. The monoisotopic (exact) mass is 318 g/mol. The summed E-state index contributed by atoms with van der Waals surface area (Å²) < 4.78 is 66.4. The topological polar surface area (TPSA) is 64.3 Å². The lowest BCUT2D eigenvalue weighted by molar-refractivity contribution is -0.137. The molecule has 1 aromatic carbocycles. The van der Waals surface area contributed by atoms with Crippen LogP contribution in [0.5, 0.6) is 0 Å². The predicted molar refractivity (Wildman–Crippen MR) is 66.5 cm³/mol. The van der Waals surface area contributed by atoms with E-state index >= 15 is 0 Å². The summed E-state index contributed by atoms with van der Waals surface area (Å²) in [6.45, 7) is 0. The number of rotatable bonds is 4. The molecule has 21 heavy (non-hydrogen) atoms. The SMILES string of the molecule is O=C(CS(=O)(=O)c1cccc(C(F)(F)F)c1)c1ccco1. The second kappa shape index (κ2) is 5.36. The molecule has 0 N–H and O–H groups in total.